The molecule has 1 fully saturated rings. The number of fused-ring (bicyclic) bond motifs is 1. The molecule has 1 atom stereocenters. The van der Waals surface area contributed by atoms with Crippen LogP contribution in [-0.4, -0.2) is 40.6 Å². The van der Waals surface area contributed by atoms with Gasteiger partial charge in [0, 0.05) is 37.4 Å². The minimum absolute atomic E-state index is 0.159. The standard InChI is InChI=1S/C24H29F2N3O2/c25-19-10-18(11-20(26)12-19)22(13-23(30)31)29-14-16(15-29)4-1-2-6-21-8-7-17-5-3-9-27-24(17)28-21/h7-8,10-12,16,22H,1-6,9,13-15H2,(H,27,28)(H,30,31)/t22-/m0/s1. The van der Waals surface area contributed by atoms with Crippen molar-refractivity contribution in [3.8, 4) is 0 Å². The van der Waals surface area contributed by atoms with Gasteiger partial charge in [-0.05, 0) is 67.3 Å². The number of carboxylic acid groups (broad SMARTS) is 1. The van der Waals surface area contributed by atoms with E-state index in [1.807, 2.05) is 4.90 Å². The fourth-order valence-corrected chi connectivity index (χ4v) is 4.68. The summed E-state index contributed by atoms with van der Waals surface area (Å²) in [6.45, 7) is 2.51. The molecule has 2 aliphatic rings. The Morgan fingerprint density at radius 1 is 1.19 bits per heavy atom. The van der Waals surface area contributed by atoms with Gasteiger partial charge < -0.3 is 10.4 Å². The summed E-state index contributed by atoms with van der Waals surface area (Å²) in [4.78, 5) is 18.0. The highest BCUT2D eigenvalue weighted by atomic mass is 19.1. The van der Waals surface area contributed by atoms with Crippen LogP contribution in [-0.2, 0) is 17.6 Å². The maximum absolute atomic E-state index is 13.6. The van der Waals surface area contributed by atoms with Gasteiger partial charge in [0.25, 0.3) is 0 Å². The van der Waals surface area contributed by atoms with Gasteiger partial charge in [0.05, 0.1) is 6.42 Å². The van der Waals surface area contributed by atoms with Gasteiger partial charge in [-0.3, -0.25) is 9.69 Å². The molecule has 1 aromatic heterocycles. The predicted octanol–water partition coefficient (Wildman–Crippen LogP) is 4.58. The number of hydrogen-bond acceptors (Lipinski definition) is 4. The highest BCUT2D eigenvalue weighted by Gasteiger charge is 2.34. The van der Waals surface area contributed by atoms with Crippen molar-refractivity contribution >= 4 is 11.8 Å². The number of likely N-dealkylation sites (tertiary alicyclic amines) is 1. The van der Waals surface area contributed by atoms with Gasteiger partial charge >= 0.3 is 5.97 Å². The summed E-state index contributed by atoms with van der Waals surface area (Å²) in [5.74, 6) is -0.781. The fraction of sp³-hybridized carbons (Fsp3) is 0.500. The summed E-state index contributed by atoms with van der Waals surface area (Å²) in [5.41, 5.74) is 2.82. The molecule has 2 N–H and O–H groups in total. The largest absolute Gasteiger partial charge is 0.481 e. The molecule has 7 heteroatoms. The molecule has 0 bridgehead atoms. The van der Waals surface area contributed by atoms with E-state index in [0.717, 1.165) is 75.7 Å². The lowest BCUT2D eigenvalue weighted by Crippen LogP contribution is -2.48. The summed E-state index contributed by atoms with van der Waals surface area (Å²) in [7, 11) is 0. The van der Waals surface area contributed by atoms with E-state index < -0.39 is 23.6 Å². The van der Waals surface area contributed by atoms with Crippen molar-refractivity contribution in [3.63, 3.8) is 0 Å². The second-order valence-corrected chi connectivity index (χ2v) is 8.72. The first kappa shape index (κ1) is 21.7. The van der Waals surface area contributed by atoms with Crippen molar-refractivity contribution in [2.45, 2.75) is 51.0 Å². The molecule has 1 aromatic carbocycles. The topological polar surface area (TPSA) is 65.5 Å². The number of anilines is 1. The van der Waals surface area contributed by atoms with Crippen LogP contribution in [0.15, 0.2) is 30.3 Å². The lowest BCUT2D eigenvalue weighted by molar-refractivity contribution is -0.139. The van der Waals surface area contributed by atoms with Crippen LogP contribution < -0.4 is 5.32 Å². The molecule has 31 heavy (non-hydrogen) atoms. The quantitative estimate of drug-likeness (QED) is 0.572. The number of carboxylic acids is 1. The van der Waals surface area contributed by atoms with E-state index in [4.69, 9.17) is 4.98 Å². The Bertz CT molecular complexity index is 911. The minimum Gasteiger partial charge on any atom is -0.481 e. The highest BCUT2D eigenvalue weighted by Crippen LogP contribution is 2.34. The molecule has 1 saturated heterocycles. The first-order valence-electron chi connectivity index (χ1n) is 11.1. The number of unbranched alkanes of at least 4 members (excludes halogenated alkanes) is 1. The number of nitrogens with one attached hydrogen (secondary N) is 1. The van der Waals surface area contributed by atoms with Crippen molar-refractivity contribution in [2.24, 2.45) is 5.92 Å². The summed E-state index contributed by atoms with van der Waals surface area (Å²) >= 11 is 0. The molecule has 0 unspecified atom stereocenters. The van der Waals surface area contributed by atoms with Gasteiger partial charge in [-0.2, -0.15) is 0 Å². The van der Waals surface area contributed by atoms with Gasteiger partial charge in [-0.1, -0.05) is 12.5 Å². The summed E-state index contributed by atoms with van der Waals surface area (Å²) < 4.78 is 27.2. The Balaban J connectivity index is 1.24. The van der Waals surface area contributed by atoms with E-state index in [0.29, 0.717) is 11.5 Å². The number of aromatic nitrogens is 1. The van der Waals surface area contributed by atoms with E-state index in [9.17, 15) is 18.7 Å². The number of pyridine rings is 1. The van der Waals surface area contributed by atoms with E-state index in [1.165, 1.54) is 17.7 Å². The molecule has 166 valence electrons. The zero-order valence-electron chi connectivity index (χ0n) is 17.6. The number of hydrogen-bond donors (Lipinski definition) is 2. The third-order valence-electron chi connectivity index (χ3n) is 6.31. The normalized spacial score (nSPS) is 17.5. The number of halogens is 2. The van der Waals surface area contributed by atoms with Gasteiger partial charge in [-0.25, -0.2) is 13.8 Å². The van der Waals surface area contributed by atoms with Crippen LogP contribution in [0.4, 0.5) is 14.6 Å². The zero-order valence-corrected chi connectivity index (χ0v) is 17.6. The molecule has 0 amide bonds. The number of benzene rings is 1. The van der Waals surface area contributed by atoms with E-state index in [1.54, 1.807) is 0 Å². The van der Waals surface area contributed by atoms with Crippen LogP contribution in [0.3, 0.4) is 0 Å². The maximum Gasteiger partial charge on any atom is 0.305 e. The first-order chi connectivity index (χ1) is 15.0. The smallest absolute Gasteiger partial charge is 0.305 e. The van der Waals surface area contributed by atoms with Crippen molar-refractivity contribution in [1.29, 1.82) is 0 Å². The van der Waals surface area contributed by atoms with Crippen molar-refractivity contribution in [1.82, 2.24) is 9.88 Å². The van der Waals surface area contributed by atoms with Gasteiger partial charge in [0.1, 0.15) is 17.5 Å². The summed E-state index contributed by atoms with van der Waals surface area (Å²) in [5, 5.41) is 12.6. The summed E-state index contributed by atoms with van der Waals surface area (Å²) in [6, 6.07) is 7.12. The lowest BCUT2D eigenvalue weighted by Gasteiger charge is -2.44. The Kier molecular flexibility index (Phi) is 6.80. The molecule has 0 radical (unpaired) electrons. The van der Waals surface area contributed by atoms with Gasteiger partial charge in [0.2, 0.25) is 0 Å². The first-order valence-corrected chi connectivity index (χ1v) is 11.1. The monoisotopic (exact) mass is 429 g/mol. The zero-order chi connectivity index (χ0) is 21.8. The van der Waals surface area contributed by atoms with Crippen LogP contribution >= 0.6 is 0 Å². The average molecular weight is 430 g/mol. The highest BCUT2D eigenvalue weighted by molar-refractivity contribution is 5.68. The van der Waals surface area contributed by atoms with Crippen LogP contribution in [0.1, 0.15) is 55.0 Å². The van der Waals surface area contributed by atoms with Crippen molar-refractivity contribution in [3.05, 3.63) is 58.8 Å². The Hall–Kier alpha value is -2.54. The molecule has 0 spiro atoms. The molecular formula is C24H29F2N3O2. The maximum atomic E-state index is 13.6. The molecule has 2 aliphatic heterocycles. The van der Waals surface area contributed by atoms with E-state index in [2.05, 4.69) is 17.4 Å². The Morgan fingerprint density at radius 2 is 1.97 bits per heavy atom. The third-order valence-corrected chi connectivity index (χ3v) is 6.31. The number of nitrogens with zero attached hydrogens (tertiary/aromatic N) is 2. The molecule has 5 nitrogen and oxygen atoms in total. The van der Waals surface area contributed by atoms with E-state index >= 15 is 0 Å². The van der Waals surface area contributed by atoms with Crippen molar-refractivity contribution in [2.75, 3.05) is 25.0 Å². The molecule has 0 aliphatic carbocycles. The lowest BCUT2D eigenvalue weighted by atomic mass is 9.89. The number of carbonyl (C=O) groups is 1. The van der Waals surface area contributed by atoms with Crippen LogP contribution in [0.2, 0.25) is 0 Å². The van der Waals surface area contributed by atoms with Gasteiger partial charge in [-0.15, -0.1) is 0 Å². The molecule has 2 aromatic rings. The van der Waals surface area contributed by atoms with Crippen LogP contribution in [0.25, 0.3) is 0 Å². The third kappa shape index (κ3) is 5.58. The number of aryl methyl sites for hydroxylation is 2. The SMILES string of the molecule is O=C(O)C[C@@H](c1cc(F)cc(F)c1)N1CC(CCCCc2ccc3c(n2)NCCC3)C1. The van der Waals surface area contributed by atoms with Crippen LogP contribution in [0, 0.1) is 17.6 Å². The summed E-state index contributed by atoms with van der Waals surface area (Å²) in [6.07, 6.45) is 6.27. The molecule has 3 heterocycles. The Labute approximate surface area is 181 Å². The van der Waals surface area contributed by atoms with Crippen molar-refractivity contribution < 1.29 is 18.7 Å². The Morgan fingerprint density at radius 3 is 2.71 bits per heavy atom. The van der Waals surface area contributed by atoms with Crippen LogP contribution in [0.5, 0.6) is 0 Å². The van der Waals surface area contributed by atoms with E-state index in [-0.39, 0.29) is 6.42 Å². The molecule has 4 rings (SSSR count). The average Bonchev–Trinajstić information content (AvgIpc) is 2.70. The fourth-order valence-electron chi connectivity index (χ4n) is 4.68. The molecule has 0 saturated carbocycles. The second kappa shape index (κ2) is 9.73. The minimum atomic E-state index is -0.967. The number of aliphatic carboxylic acids is 1. The van der Waals surface area contributed by atoms with Gasteiger partial charge in [0.15, 0.2) is 0 Å². The molecular weight excluding hydrogens is 400 g/mol. The predicted molar refractivity (Wildman–Crippen MR) is 115 cm³/mol. The second-order valence-electron chi connectivity index (χ2n) is 8.72. The number of rotatable bonds is 9.